The zero-order chi connectivity index (χ0) is 18.9. The quantitative estimate of drug-likeness (QED) is 0.433. The maximum atomic E-state index is 13.6. The topological polar surface area (TPSA) is 29.5 Å². The Balaban J connectivity index is 1.93. The summed E-state index contributed by atoms with van der Waals surface area (Å²) in [5.41, 5.74) is 1.64. The van der Waals surface area contributed by atoms with E-state index in [1.807, 2.05) is 6.07 Å². The summed E-state index contributed by atoms with van der Waals surface area (Å²) in [7, 11) is 0. The van der Waals surface area contributed by atoms with Crippen LogP contribution >= 0.6 is 38.5 Å². The van der Waals surface area contributed by atoms with Crippen molar-refractivity contribution >= 4 is 50.3 Å². The molecule has 0 bridgehead atoms. The van der Waals surface area contributed by atoms with E-state index in [9.17, 15) is 18.0 Å². The molecule has 138 valence electrons. The molecule has 1 heterocycles. The van der Waals surface area contributed by atoms with Crippen LogP contribution in [-0.4, -0.2) is 18.3 Å². The summed E-state index contributed by atoms with van der Waals surface area (Å²) in [6.07, 6.45) is -5.48. The molecule has 1 atom stereocenters. The summed E-state index contributed by atoms with van der Waals surface area (Å²) in [4.78, 5) is 13.3. The second-order valence-electron chi connectivity index (χ2n) is 5.90. The number of hydrogen-bond donors (Lipinski definition) is 0. The van der Waals surface area contributed by atoms with Crippen LogP contribution in [0.2, 0.25) is 0 Å². The number of carbonyl (C=O) groups is 1. The summed E-state index contributed by atoms with van der Waals surface area (Å²) in [5.74, 6) is 0. The highest BCUT2D eigenvalue weighted by Crippen LogP contribution is 2.43. The summed E-state index contributed by atoms with van der Waals surface area (Å²) < 4.78 is 47.2. The van der Waals surface area contributed by atoms with Gasteiger partial charge in [0.05, 0.1) is 5.69 Å². The molecule has 1 unspecified atom stereocenters. The molecular formula is C18H14BrF3INO2. The van der Waals surface area contributed by atoms with Crippen LogP contribution in [0.1, 0.15) is 17.5 Å². The zero-order valence-corrected chi connectivity index (χ0v) is 17.1. The van der Waals surface area contributed by atoms with Crippen LogP contribution in [0.15, 0.2) is 46.9 Å². The minimum absolute atomic E-state index is 0.0852. The van der Waals surface area contributed by atoms with Crippen LogP contribution < -0.4 is 4.90 Å². The molecule has 1 amide bonds. The maximum absolute atomic E-state index is 13.6. The van der Waals surface area contributed by atoms with Crippen LogP contribution in [-0.2, 0) is 17.8 Å². The number of aryl methyl sites for hydroxylation is 1. The van der Waals surface area contributed by atoms with E-state index in [4.69, 9.17) is 4.74 Å². The Labute approximate surface area is 170 Å². The average Bonchev–Trinajstić information content (AvgIpc) is 2.58. The molecule has 1 aliphatic heterocycles. The lowest BCUT2D eigenvalue weighted by Gasteiger charge is -2.38. The van der Waals surface area contributed by atoms with E-state index >= 15 is 0 Å². The molecule has 2 aromatic carbocycles. The van der Waals surface area contributed by atoms with Gasteiger partial charge in [0, 0.05) is 8.04 Å². The second-order valence-corrected chi connectivity index (χ2v) is 8.00. The lowest BCUT2D eigenvalue weighted by molar-refractivity contribution is -0.150. The van der Waals surface area contributed by atoms with Crippen LogP contribution in [0.4, 0.5) is 23.7 Å². The number of amides is 1. The fourth-order valence-corrected chi connectivity index (χ4v) is 4.78. The van der Waals surface area contributed by atoms with Crippen LogP contribution in [0.3, 0.4) is 0 Å². The molecule has 0 aliphatic carbocycles. The van der Waals surface area contributed by atoms with E-state index in [2.05, 4.69) is 38.5 Å². The smallest absolute Gasteiger partial charge is 0.415 e. The van der Waals surface area contributed by atoms with E-state index in [0.717, 1.165) is 8.47 Å². The van der Waals surface area contributed by atoms with E-state index in [-0.39, 0.29) is 25.1 Å². The molecular weight excluding hydrogens is 526 g/mol. The van der Waals surface area contributed by atoms with Gasteiger partial charge >= 0.3 is 12.3 Å². The number of alkyl halides is 3. The third-order valence-corrected chi connectivity index (χ3v) is 5.35. The molecule has 3 rings (SSSR count). The number of halogens is 5. The van der Waals surface area contributed by atoms with Crippen molar-refractivity contribution in [2.45, 2.75) is 31.7 Å². The van der Waals surface area contributed by atoms with Crippen molar-refractivity contribution in [3.05, 3.63) is 61.6 Å². The Morgan fingerprint density at radius 3 is 2.62 bits per heavy atom. The van der Waals surface area contributed by atoms with Gasteiger partial charge in [-0.1, -0.05) is 30.3 Å². The fraction of sp³-hybridized carbons (Fsp3) is 0.278. The molecule has 26 heavy (non-hydrogen) atoms. The first-order valence-electron chi connectivity index (χ1n) is 7.82. The average molecular weight is 540 g/mol. The first-order chi connectivity index (χ1) is 12.3. The van der Waals surface area contributed by atoms with E-state index in [1.54, 1.807) is 36.4 Å². The summed E-state index contributed by atoms with van der Waals surface area (Å²) in [6, 6.07) is 10.4. The van der Waals surface area contributed by atoms with Crippen molar-refractivity contribution < 1.29 is 22.7 Å². The van der Waals surface area contributed by atoms with Gasteiger partial charge in [-0.25, -0.2) is 4.79 Å². The molecule has 0 fully saturated rings. The van der Waals surface area contributed by atoms with E-state index in [1.165, 1.54) is 0 Å². The Morgan fingerprint density at radius 2 is 1.96 bits per heavy atom. The van der Waals surface area contributed by atoms with Gasteiger partial charge in [0.2, 0.25) is 0 Å². The van der Waals surface area contributed by atoms with Gasteiger partial charge in [0.15, 0.2) is 0 Å². The Hall–Kier alpha value is -1.29. The molecule has 0 N–H and O–H groups in total. The van der Waals surface area contributed by atoms with Gasteiger partial charge in [-0.3, -0.25) is 4.90 Å². The molecule has 0 saturated carbocycles. The Kier molecular flexibility index (Phi) is 5.81. The largest absolute Gasteiger partial charge is 0.444 e. The minimum atomic E-state index is -4.54. The Morgan fingerprint density at radius 1 is 1.27 bits per heavy atom. The molecule has 2 aromatic rings. The summed E-state index contributed by atoms with van der Waals surface area (Å²) in [5, 5.41) is 0. The molecule has 0 radical (unpaired) electrons. The van der Waals surface area contributed by atoms with E-state index < -0.39 is 18.3 Å². The lowest BCUT2D eigenvalue weighted by Crippen LogP contribution is -2.52. The summed E-state index contributed by atoms with van der Waals surface area (Å²) in [6.45, 7) is -0.0852. The van der Waals surface area contributed by atoms with Crippen molar-refractivity contribution in [1.82, 2.24) is 0 Å². The standard InChI is InChI=1S/C18H14BrF3INO2/c19-14-9-13(23)8-12-6-7-15(18(20,21)22)24(16(12)14)17(25)26-10-11-4-2-1-3-5-11/h1-5,8-9,15H,6-7,10H2. The fourth-order valence-electron chi connectivity index (χ4n) is 2.97. The van der Waals surface area contributed by atoms with Gasteiger partial charge in [0.1, 0.15) is 12.6 Å². The predicted molar refractivity (Wildman–Crippen MR) is 104 cm³/mol. The van der Waals surface area contributed by atoms with Crippen LogP contribution in [0.25, 0.3) is 0 Å². The van der Waals surface area contributed by atoms with Crippen LogP contribution in [0, 0.1) is 3.57 Å². The van der Waals surface area contributed by atoms with Crippen molar-refractivity contribution in [3.63, 3.8) is 0 Å². The number of nitrogens with zero attached hydrogens (tertiary/aromatic N) is 1. The number of rotatable bonds is 2. The molecule has 1 aliphatic rings. The number of carbonyl (C=O) groups excluding carboxylic acids is 1. The van der Waals surface area contributed by atoms with Gasteiger partial charge in [-0.2, -0.15) is 13.2 Å². The number of anilines is 1. The maximum Gasteiger partial charge on any atom is 0.415 e. The van der Waals surface area contributed by atoms with Crippen molar-refractivity contribution in [3.8, 4) is 0 Å². The molecule has 8 heteroatoms. The van der Waals surface area contributed by atoms with E-state index in [0.29, 0.717) is 15.6 Å². The van der Waals surface area contributed by atoms with Crippen molar-refractivity contribution in [2.24, 2.45) is 0 Å². The van der Waals surface area contributed by atoms with Crippen LogP contribution in [0.5, 0.6) is 0 Å². The van der Waals surface area contributed by atoms with Gasteiger partial charge in [0.25, 0.3) is 0 Å². The zero-order valence-electron chi connectivity index (χ0n) is 13.4. The number of hydrogen-bond acceptors (Lipinski definition) is 2. The predicted octanol–water partition coefficient (Wildman–Crippen LogP) is 6.07. The molecule has 3 nitrogen and oxygen atoms in total. The normalized spacial score (nSPS) is 17.0. The Bertz CT molecular complexity index is 814. The summed E-state index contributed by atoms with van der Waals surface area (Å²) >= 11 is 5.41. The number of benzene rings is 2. The van der Waals surface area contributed by atoms with Crippen molar-refractivity contribution in [1.29, 1.82) is 0 Å². The molecule has 0 aromatic heterocycles. The highest BCUT2D eigenvalue weighted by molar-refractivity contribution is 14.1. The first-order valence-corrected chi connectivity index (χ1v) is 9.69. The number of ether oxygens (including phenoxy) is 1. The number of fused-ring (bicyclic) bond motifs is 1. The monoisotopic (exact) mass is 539 g/mol. The lowest BCUT2D eigenvalue weighted by atomic mass is 9.96. The second kappa shape index (κ2) is 7.75. The SMILES string of the molecule is O=C(OCc1ccccc1)N1c2c(Br)cc(I)cc2CCC1C(F)(F)F. The third-order valence-electron chi connectivity index (χ3n) is 4.13. The van der Waals surface area contributed by atoms with Gasteiger partial charge in [-0.15, -0.1) is 0 Å². The minimum Gasteiger partial charge on any atom is -0.444 e. The third kappa shape index (κ3) is 4.16. The molecule has 0 saturated heterocycles. The van der Waals surface area contributed by atoms with Gasteiger partial charge < -0.3 is 4.74 Å². The van der Waals surface area contributed by atoms with Crippen molar-refractivity contribution in [2.75, 3.05) is 4.90 Å². The van der Waals surface area contributed by atoms with Gasteiger partial charge in [-0.05, 0) is 74.6 Å². The highest BCUT2D eigenvalue weighted by atomic mass is 127. The first kappa shape index (κ1) is 19.5. The molecule has 0 spiro atoms. The highest BCUT2D eigenvalue weighted by Gasteiger charge is 2.49.